The predicted octanol–water partition coefficient (Wildman–Crippen LogP) is 3.84. The van der Waals surface area contributed by atoms with Crippen molar-refractivity contribution >= 4 is 11.6 Å². The summed E-state index contributed by atoms with van der Waals surface area (Å²) in [6.45, 7) is 5.71. The molecule has 0 heterocycles. The van der Waals surface area contributed by atoms with Crippen LogP contribution in [0.15, 0.2) is 30.4 Å². The number of benzene rings is 1. The van der Waals surface area contributed by atoms with Crippen molar-refractivity contribution in [3.05, 3.63) is 46.8 Å². The molecule has 82 valence electrons. The molecule has 15 heavy (non-hydrogen) atoms. The molecule has 0 radical (unpaired) electrons. The van der Waals surface area contributed by atoms with E-state index in [1.54, 1.807) is 12.1 Å². The SMILES string of the molecule is C=C(C)CCC(N)c1c(F)cccc1Cl. The maximum Gasteiger partial charge on any atom is 0.129 e. The van der Waals surface area contributed by atoms with Crippen LogP contribution in [0.4, 0.5) is 4.39 Å². The summed E-state index contributed by atoms with van der Waals surface area (Å²) in [6, 6.07) is 4.24. The molecule has 0 aliphatic carbocycles. The maximum absolute atomic E-state index is 13.4. The van der Waals surface area contributed by atoms with Gasteiger partial charge in [-0.15, -0.1) is 6.58 Å². The molecule has 3 heteroatoms. The van der Waals surface area contributed by atoms with Crippen LogP contribution in [0.3, 0.4) is 0 Å². The lowest BCUT2D eigenvalue weighted by molar-refractivity contribution is 0.563. The van der Waals surface area contributed by atoms with Crippen molar-refractivity contribution in [2.45, 2.75) is 25.8 Å². The van der Waals surface area contributed by atoms with Gasteiger partial charge in [0.15, 0.2) is 0 Å². The number of nitrogens with two attached hydrogens (primary N) is 1. The maximum atomic E-state index is 13.4. The molecule has 0 aliphatic rings. The second-order valence-electron chi connectivity index (χ2n) is 3.74. The van der Waals surface area contributed by atoms with Crippen LogP contribution in [0.5, 0.6) is 0 Å². The number of hydrogen-bond donors (Lipinski definition) is 1. The second-order valence-corrected chi connectivity index (χ2v) is 4.14. The molecule has 0 fully saturated rings. The fourth-order valence-electron chi connectivity index (χ4n) is 1.41. The van der Waals surface area contributed by atoms with Crippen LogP contribution in [0.1, 0.15) is 31.4 Å². The molecule has 0 aromatic heterocycles. The lowest BCUT2D eigenvalue weighted by Crippen LogP contribution is -2.12. The highest BCUT2D eigenvalue weighted by Crippen LogP contribution is 2.27. The van der Waals surface area contributed by atoms with Crippen LogP contribution < -0.4 is 5.73 Å². The fourth-order valence-corrected chi connectivity index (χ4v) is 1.71. The van der Waals surface area contributed by atoms with Crippen LogP contribution in [0, 0.1) is 5.82 Å². The average Bonchev–Trinajstić information content (AvgIpc) is 2.14. The van der Waals surface area contributed by atoms with Crippen molar-refractivity contribution in [1.82, 2.24) is 0 Å². The molecular formula is C12H15ClFN. The van der Waals surface area contributed by atoms with Gasteiger partial charge >= 0.3 is 0 Å². The summed E-state index contributed by atoms with van der Waals surface area (Å²) in [5.41, 5.74) is 7.32. The molecule has 0 saturated carbocycles. The van der Waals surface area contributed by atoms with Crippen LogP contribution in [-0.2, 0) is 0 Å². The van der Waals surface area contributed by atoms with Gasteiger partial charge in [-0.1, -0.05) is 23.2 Å². The summed E-state index contributed by atoms with van der Waals surface area (Å²) < 4.78 is 13.4. The molecule has 1 unspecified atom stereocenters. The van der Waals surface area contributed by atoms with E-state index in [0.29, 0.717) is 17.0 Å². The predicted molar refractivity (Wildman–Crippen MR) is 62.4 cm³/mol. The highest BCUT2D eigenvalue weighted by molar-refractivity contribution is 6.31. The Morgan fingerprint density at radius 1 is 1.60 bits per heavy atom. The third-order valence-electron chi connectivity index (χ3n) is 2.25. The monoisotopic (exact) mass is 227 g/mol. The lowest BCUT2D eigenvalue weighted by atomic mass is 10.0. The van der Waals surface area contributed by atoms with Gasteiger partial charge in [0.05, 0.1) is 0 Å². The van der Waals surface area contributed by atoms with Crippen LogP contribution in [-0.4, -0.2) is 0 Å². The largest absolute Gasteiger partial charge is 0.324 e. The first kappa shape index (κ1) is 12.2. The second kappa shape index (κ2) is 5.29. The molecule has 1 rings (SSSR count). The Morgan fingerprint density at radius 3 is 2.80 bits per heavy atom. The van der Waals surface area contributed by atoms with E-state index in [9.17, 15) is 4.39 Å². The van der Waals surface area contributed by atoms with Gasteiger partial charge in [-0.3, -0.25) is 0 Å². The van der Waals surface area contributed by atoms with Crippen molar-refractivity contribution in [3.8, 4) is 0 Å². The highest BCUT2D eigenvalue weighted by Gasteiger charge is 2.14. The van der Waals surface area contributed by atoms with Gasteiger partial charge in [-0.25, -0.2) is 4.39 Å². The van der Waals surface area contributed by atoms with Gasteiger partial charge in [0, 0.05) is 16.6 Å². The molecule has 0 saturated heterocycles. The van der Waals surface area contributed by atoms with Crippen molar-refractivity contribution in [2.75, 3.05) is 0 Å². The molecule has 1 aromatic carbocycles. The van der Waals surface area contributed by atoms with Crippen LogP contribution in [0.25, 0.3) is 0 Å². The van der Waals surface area contributed by atoms with Crippen molar-refractivity contribution in [1.29, 1.82) is 0 Å². The van der Waals surface area contributed by atoms with E-state index in [1.165, 1.54) is 6.07 Å². The number of halogens is 2. The minimum Gasteiger partial charge on any atom is -0.324 e. The molecule has 1 aromatic rings. The Kier molecular flexibility index (Phi) is 4.30. The van der Waals surface area contributed by atoms with Gasteiger partial charge < -0.3 is 5.73 Å². The molecule has 0 aliphatic heterocycles. The van der Waals surface area contributed by atoms with E-state index in [0.717, 1.165) is 12.0 Å². The molecule has 1 atom stereocenters. The normalized spacial score (nSPS) is 12.5. The van der Waals surface area contributed by atoms with Gasteiger partial charge in [0.2, 0.25) is 0 Å². The standard InChI is InChI=1S/C12H15ClFN/c1-8(2)6-7-11(15)12-9(13)4-3-5-10(12)14/h3-5,11H,1,6-7,15H2,2H3. The smallest absolute Gasteiger partial charge is 0.129 e. The number of allylic oxidation sites excluding steroid dienone is 1. The van der Waals surface area contributed by atoms with Gasteiger partial charge in [0.25, 0.3) is 0 Å². The van der Waals surface area contributed by atoms with Gasteiger partial charge in [-0.2, -0.15) is 0 Å². The molecular weight excluding hydrogens is 213 g/mol. The van der Waals surface area contributed by atoms with E-state index in [-0.39, 0.29) is 11.9 Å². The summed E-state index contributed by atoms with van der Waals surface area (Å²) in [4.78, 5) is 0. The van der Waals surface area contributed by atoms with E-state index < -0.39 is 0 Å². The summed E-state index contributed by atoms with van der Waals surface area (Å²) in [7, 11) is 0. The molecule has 0 bridgehead atoms. The summed E-state index contributed by atoms with van der Waals surface area (Å²) in [6.07, 6.45) is 1.45. The fraction of sp³-hybridized carbons (Fsp3) is 0.333. The first-order chi connectivity index (χ1) is 7.02. The van der Waals surface area contributed by atoms with Crippen molar-refractivity contribution in [2.24, 2.45) is 5.73 Å². The Hall–Kier alpha value is -0.860. The number of rotatable bonds is 4. The summed E-state index contributed by atoms with van der Waals surface area (Å²) in [5, 5.41) is 0.393. The zero-order chi connectivity index (χ0) is 11.4. The number of hydrogen-bond acceptors (Lipinski definition) is 1. The van der Waals surface area contributed by atoms with Crippen LogP contribution in [0.2, 0.25) is 5.02 Å². The van der Waals surface area contributed by atoms with E-state index in [4.69, 9.17) is 17.3 Å². The first-order valence-electron chi connectivity index (χ1n) is 4.86. The zero-order valence-corrected chi connectivity index (χ0v) is 9.52. The Morgan fingerprint density at radius 2 is 2.27 bits per heavy atom. The Bertz CT molecular complexity index is 342. The third-order valence-corrected chi connectivity index (χ3v) is 2.58. The Labute approximate surface area is 94.7 Å². The highest BCUT2D eigenvalue weighted by atomic mass is 35.5. The van der Waals surface area contributed by atoms with E-state index >= 15 is 0 Å². The molecule has 2 N–H and O–H groups in total. The average molecular weight is 228 g/mol. The molecule has 0 spiro atoms. The first-order valence-corrected chi connectivity index (χ1v) is 5.24. The minimum absolute atomic E-state index is 0.336. The molecule has 0 amide bonds. The quantitative estimate of drug-likeness (QED) is 0.778. The van der Waals surface area contributed by atoms with Crippen LogP contribution >= 0.6 is 11.6 Å². The van der Waals surface area contributed by atoms with E-state index in [1.807, 2.05) is 6.92 Å². The third kappa shape index (κ3) is 3.33. The minimum atomic E-state index is -0.365. The van der Waals surface area contributed by atoms with Gasteiger partial charge in [0.1, 0.15) is 5.82 Å². The topological polar surface area (TPSA) is 26.0 Å². The summed E-state index contributed by atoms with van der Waals surface area (Å²) >= 11 is 5.90. The van der Waals surface area contributed by atoms with Crippen molar-refractivity contribution in [3.63, 3.8) is 0 Å². The lowest BCUT2D eigenvalue weighted by Gasteiger charge is -2.14. The summed E-state index contributed by atoms with van der Waals surface area (Å²) in [5.74, 6) is -0.336. The molecule has 1 nitrogen and oxygen atoms in total. The zero-order valence-electron chi connectivity index (χ0n) is 8.76. The van der Waals surface area contributed by atoms with E-state index in [2.05, 4.69) is 6.58 Å². The van der Waals surface area contributed by atoms with Gasteiger partial charge in [-0.05, 0) is 31.9 Å². The Balaban J connectivity index is 2.81. The van der Waals surface area contributed by atoms with Crippen molar-refractivity contribution < 1.29 is 4.39 Å².